The molecule has 3 aromatic carbocycles. The van der Waals surface area contributed by atoms with E-state index in [4.69, 9.17) is 4.74 Å². The summed E-state index contributed by atoms with van der Waals surface area (Å²) in [6.45, 7) is 7.15. The molecule has 9 heteroatoms. The second-order valence-corrected chi connectivity index (χ2v) is 12.8. The van der Waals surface area contributed by atoms with Gasteiger partial charge in [0.25, 0.3) is 0 Å². The van der Waals surface area contributed by atoms with Crippen LogP contribution in [0.25, 0.3) is 0 Å². The van der Waals surface area contributed by atoms with Crippen molar-refractivity contribution >= 4 is 27.5 Å². The number of benzene rings is 3. The summed E-state index contributed by atoms with van der Waals surface area (Å²) in [5.74, 6) is -0.214. The Hall–Kier alpha value is -3.85. The fourth-order valence-electron chi connectivity index (χ4n) is 4.30. The maximum absolute atomic E-state index is 14.1. The first-order valence-electron chi connectivity index (χ1n) is 13.1. The van der Waals surface area contributed by atoms with E-state index in [1.54, 1.807) is 43.5 Å². The van der Waals surface area contributed by atoms with Crippen LogP contribution in [0.5, 0.6) is 5.75 Å². The number of nitrogens with one attached hydrogen (secondary N) is 1. The van der Waals surface area contributed by atoms with Crippen LogP contribution in [-0.4, -0.2) is 56.6 Å². The summed E-state index contributed by atoms with van der Waals surface area (Å²) in [7, 11) is -2.25. The van der Waals surface area contributed by atoms with Crippen LogP contribution in [0.4, 0.5) is 5.69 Å². The zero-order valence-electron chi connectivity index (χ0n) is 24.0. The molecule has 0 aliphatic heterocycles. The molecule has 0 bridgehead atoms. The van der Waals surface area contributed by atoms with E-state index in [1.807, 2.05) is 70.2 Å². The van der Waals surface area contributed by atoms with Crippen molar-refractivity contribution in [3.05, 3.63) is 95.6 Å². The van der Waals surface area contributed by atoms with Gasteiger partial charge in [-0.2, -0.15) is 0 Å². The molecule has 8 nitrogen and oxygen atoms in total. The number of methoxy groups -OCH3 is 1. The molecule has 40 heavy (non-hydrogen) atoms. The molecule has 1 N–H and O–H groups in total. The van der Waals surface area contributed by atoms with Crippen LogP contribution in [0.15, 0.2) is 78.9 Å². The molecule has 3 rings (SSSR count). The lowest BCUT2D eigenvalue weighted by Crippen LogP contribution is -2.56. The van der Waals surface area contributed by atoms with E-state index in [1.165, 1.54) is 4.90 Å². The van der Waals surface area contributed by atoms with E-state index in [-0.39, 0.29) is 18.9 Å². The Labute approximate surface area is 238 Å². The van der Waals surface area contributed by atoms with Crippen LogP contribution in [-0.2, 0) is 32.6 Å². The standard InChI is InChI=1S/C31H39N3O5S/c1-23-15-17-26(18-16-23)34(40(6,37)38)22-29(35)33(21-25-13-10-14-27(19-25)39-5)28(30(36)32-31(2,3)4)20-24-11-8-7-9-12-24/h7-19,28H,20-22H2,1-6H3,(H,32,36). The zero-order valence-corrected chi connectivity index (χ0v) is 24.9. The number of aryl methyl sites for hydroxylation is 1. The number of nitrogens with zero attached hydrogens (tertiary/aromatic N) is 2. The highest BCUT2D eigenvalue weighted by Gasteiger charge is 2.34. The highest BCUT2D eigenvalue weighted by molar-refractivity contribution is 7.92. The Morgan fingerprint density at radius 1 is 0.925 bits per heavy atom. The van der Waals surface area contributed by atoms with Crippen molar-refractivity contribution in [2.75, 3.05) is 24.2 Å². The molecule has 0 saturated heterocycles. The number of amides is 2. The van der Waals surface area contributed by atoms with E-state index in [0.717, 1.165) is 27.3 Å². The van der Waals surface area contributed by atoms with E-state index < -0.39 is 34.1 Å². The molecule has 0 aromatic heterocycles. The van der Waals surface area contributed by atoms with Gasteiger partial charge in [0.05, 0.1) is 19.1 Å². The fourth-order valence-corrected chi connectivity index (χ4v) is 5.15. The van der Waals surface area contributed by atoms with Gasteiger partial charge in [0.15, 0.2) is 0 Å². The van der Waals surface area contributed by atoms with E-state index >= 15 is 0 Å². The molecule has 0 spiro atoms. The van der Waals surface area contributed by atoms with E-state index in [2.05, 4.69) is 5.32 Å². The summed E-state index contributed by atoms with van der Waals surface area (Å²) < 4.78 is 32.2. The largest absolute Gasteiger partial charge is 0.497 e. The molecule has 1 unspecified atom stereocenters. The Balaban J connectivity index is 2.08. The smallest absolute Gasteiger partial charge is 0.244 e. The van der Waals surface area contributed by atoms with E-state index in [9.17, 15) is 18.0 Å². The molecular formula is C31H39N3O5S. The molecule has 0 aliphatic rings. The molecule has 0 heterocycles. The second kappa shape index (κ2) is 13.0. The van der Waals surface area contributed by atoms with Crippen molar-refractivity contribution in [3.8, 4) is 5.75 Å². The number of hydrogen-bond acceptors (Lipinski definition) is 5. The highest BCUT2D eigenvalue weighted by Crippen LogP contribution is 2.22. The first-order valence-corrected chi connectivity index (χ1v) is 14.9. The maximum atomic E-state index is 14.1. The Morgan fingerprint density at radius 2 is 1.55 bits per heavy atom. The number of ether oxygens (including phenoxy) is 1. The third-order valence-electron chi connectivity index (χ3n) is 6.26. The average Bonchev–Trinajstić information content (AvgIpc) is 2.89. The van der Waals surface area contributed by atoms with Crippen molar-refractivity contribution in [1.29, 1.82) is 0 Å². The van der Waals surface area contributed by atoms with Gasteiger partial charge in [-0.15, -0.1) is 0 Å². The number of carbonyl (C=O) groups excluding carboxylic acids is 2. The van der Waals surface area contributed by atoms with Crippen LogP contribution in [0, 0.1) is 6.92 Å². The summed E-state index contributed by atoms with van der Waals surface area (Å²) in [5.41, 5.74) is 2.41. The summed E-state index contributed by atoms with van der Waals surface area (Å²) >= 11 is 0. The Morgan fingerprint density at radius 3 is 2.12 bits per heavy atom. The molecule has 214 valence electrons. The highest BCUT2D eigenvalue weighted by atomic mass is 32.2. The van der Waals surface area contributed by atoms with Gasteiger partial charge in [-0.25, -0.2) is 8.42 Å². The van der Waals surface area contributed by atoms with Crippen LogP contribution in [0.2, 0.25) is 0 Å². The predicted octanol–water partition coefficient (Wildman–Crippen LogP) is 4.32. The summed E-state index contributed by atoms with van der Waals surface area (Å²) in [4.78, 5) is 29.3. The summed E-state index contributed by atoms with van der Waals surface area (Å²) in [5, 5.41) is 3.02. The lowest BCUT2D eigenvalue weighted by atomic mass is 10.0. The van der Waals surface area contributed by atoms with Crippen molar-refractivity contribution in [2.45, 2.75) is 52.2 Å². The Kier molecular flexibility index (Phi) is 9.98. The lowest BCUT2D eigenvalue weighted by molar-refractivity contribution is -0.140. The van der Waals surface area contributed by atoms with Crippen LogP contribution >= 0.6 is 0 Å². The predicted molar refractivity (Wildman–Crippen MR) is 159 cm³/mol. The number of anilines is 1. The second-order valence-electron chi connectivity index (χ2n) is 10.9. The SMILES string of the molecule is COc1cccc(CN(C(=O)CN(c2ccc(C)cc2)S(C)(=O)=O)C(Cc2ccccc2)C(=O)NC(C)(C)C)c1. The van der Waals surface area contributed by atoms with Crippen molar-refractivity contribution in [1.82, 2.24) is 10.2 Å². The normalized spacial score (nSPS) is 12.3. The Bertz CT molecular complexity index is 1400. The van der Waals surface area contributed by atoms with Crippen molar-refractivity contribution in [3.63, 3.8) is 0 Å². The average molecular weight is 566 g/mol. The quantitative estimate of drug-likeness (QED) is 0.374. The van der Waals surface area contributed by atoms with Crippen molar-refractivity contribution in [2.24, 2.45) is 0 Å². The van der Waals surface area contributed by atoms with E-state index in [0.29, 0.717) is 11.4 Å². The first kappa shape index (κ1) is 30.7. The molecule has 0 fully saturated rings. The van der Waals surface area contributed by atoms with Gasteiger partial charge in [0, 0.05) is 18.5 Å². The molecule has 0 aliphatic carbocycles. The van der Waals surface area contributed by atoms with Crippen LogP contribution in [0.3, 0.4) is 0 Å². The number of sulfonamides is 1. The summed E-state index contributed by atoms with van der Waals surface area (Å²) in [6, 6.07) is 22.7. The third kappa shape index (κ3) is 8.84. The minimum atomic E-state index is -3.81. The first-order chi connectivity index (χ1) is 18.8. The molecular weight excluding hydrogens is 526 g/mol. The minimum Gasteiger partial charge on any atom is -0.497 e. The molecule has 1 atom stereocenters. The molecule has 3 aromatic rings. The van der Waals surface area contributed by atoms with Gasteiger partial charge in [-0.3, -0.25) is 13.9 Å². The van der Waals surface area contributed by atoms with Crippen molar-refractivity contribution < 1.29 is 22.7 Å². The molecule has 0 radical (unpaired) electrons. The number of rotatable bonds is 11. The topological polar surface area (TPSA) is 96.0 Å². The third-order valence-corrected chi connectivity index (χ3v) is 7.40. The van der Waals surface area contributed by atoms with Crippen LogP contribution < -0.4 is 14.4 Å². The molecule has 2 amide bonds. The lowest BCUT2D eigenvalue weighted by Gasteiger charge is -2.35. The van der Waals surface area contributed by atoms with Gasteiger partial charge in [0.2, 0.25) is 21.8 Å². The van der Waals surface area contributed by atoms with Gasteiger partial charge in [-0.05, 0) is 63.1 Å². The molecule has 0 saturated carbocycles. The minimum absolute atomic E-state index is 0.0800. The number of carbonyl (C=O) groups is 2. The number of hydrogen-bond donors (Lipinski definition) is 1. The maximum Gasteiger partial charge on any atom is 0.244 e. The fraction of sp³-hybridized carbons (Fsp3) is 0.355. The van der Waals surface area contributed by atoms with Gasteiger partial charge in [0.1, 0.15) is 18.3 Å². The monoisotopic (exact) mass is 565 g/mol. The summed E-state index contributed by atoms with van der Waals surface area (Å²) in [6.07, 6.45) is 1.32. The zero-order chi connectivity index (χ0) is 29.5. The van der Waals surface area contributed by atoms with Gasteiger partial charge >= 0.3 is 0 Å². The van der Waals surface area contributed by atoms with Gasteiger partial charge < -0.3 is 15.0 Å². The van der Waals surface area contributed by atoms with Crippen LogP contribution in [0.1, 0.15) is 37.5 Å². The van der Waals surface area contributed by atoms with Gasteiger partial charge in [-0.1, -0.05) is 60.2 Å².